The number of amides is 2. The van der Waals surface area contributed by atoms with Crippen LogP contribution in [0, 0.1) is 0 Å². The van der Waals surface area contributed by atoms with Gasteiger partial charge in [-0.05, 0) is 48.9 Å². The highest BCUT2D eigenvalue weighted by Gasteiger charge is 2.39. The number of esters is 1. The van der Waals surface area contributed by atoms with Gasteiger partial charge in [0, 0.05) is 10.7 Å². The van der Waals surface area contributed by atoms with Gasteiger partial charge in [-0.25, -0.2) is 9.69 Å². The molecule has 2 amide bonds. The minimum Gasteiger partial charge on any atom is -0.462 e. The van der Waals surface area contributed by atoms with Gasteiger partial charge in [-0.15, -0.1) is 0 Å². The minimum absolute atomic E-state index is 0.0464. The van der Waals surface area contributed by atoms with Gasteiger partial charge in [0.25, 0.3) is 11.8 Å². The van der Waals surface area contributed by atoms with Crippen molar-refractivity contribution in [2.24, 2.45) is 0 Å². The molecule has 1 N–H and O–H groups in total. The molecule has 0 aromatic heterocycles. The van der Waals surface area contributed by atoms with Gasteiger partial charge >= 0.3 is 5.97 Å². The summed E-state index contributed by atoms with van der Waals surface area (Å²) in [4.78, 5) is 38.5. The third kappa shape index (κ3) is 4.60. The number of carbonyl (C=O) groups is 3. The lowest BCUT2D eigenvalue weighted by atomic mass is 10.2. The molecule has 0 spiro atoms. The first-order valence-corrected chi connectivity index (χ1v) is 9.76. The van der Waals surface area contributed by atoms with Crippen LogP contribution >= 0.6 is 23.2 Å². The molecular weight excluding hydrogens is 415 g/mol. The highest BCUT2D eigenvalue weighted by Crippen LogP contribution is 2.30. The molecule has 0 atom stereocenters. The van der Waals surface area contributed by atoms with Crippen molar-refractivity contribution in [3.8, 4) is 0 Å². The molecule has 0 saturated carbocycles. The molecule has 150 valence electrons. The number of nitrogens with one attached hydrogen (secondary N) is 1. The molecule has 8 heteroatoms. The third-order valence-corrected chi connectivity index (χ3v) is 4.81. The fraction of sp³-hybridized carbons (Fsp3) is 0.190. The molecule has 29 heavy (non-hydrogen) atoms. The Labute approximate surface area is 178 Å². The predicted molar refractivity (Wildman–Crippen MR) is 112 cm³/mol. The number of carbonyl (C=O) groups excluding carboxylic acids is 3. The maximum Gasteiger partial charge on any atom is 0.338 e. The van der Waals surface area contributed by atoms with E-state index in [1.54, 1.807) is 42.5 Å². The quantitative estimate of drug-likeness (QED) is 0.388. The predicted octanol–water partition coefficient (Wildman–Crippen LogP) is 4.73. The van der Waals surface area contributed by atoms with Crippen molar-refractivity contribution in [3.63, 3.8) is 0 Å². The Morgan fingerprint density at radius 2 is 1.79 bits per heavy atom. The van der Waals surface area contributed by atoms with Crippen molar-refractivity contribution in [3.05, 3.63) is 69.8 Å². The summed E-state index contributed by atoms with van der Waals surface area (Å²) in [7, 11) is 0. The van der Waals surface area contributed by atoms with Gasteiger partial charge in [0.15, 0.2) is 0 Å². The number of anilines is 2. The number of imide groups is 1. The maximum atomic E-state index is 12.8. The van der Waals surface area contributed by atoms with Crippen LogP contribution in [0.3, 0.4) is 0 Å². The zero-order valence-corrected chi connectivity index (χ0v) is 17.1. The van der Waals surface area contributed by atoms with E-state index in [9.17, 15) is 14.4 Å². The number of nitrogens with zero attached hydrogens (tertiary/aromatic N) is 1. The van der Waals surface area contributed by atoms with E-state index in [-0.39, 0.29) is 22.0 Å². The van der Waals surface area contributed by atoms with Crippen molar-refractivity contribution >= 4 is 52.4 Å². The van der Waals surface area contributed by atoms with Gasteiger partial charge < -0.3 is 10.1 Å². The van der Waals surface area contributed by atoms with E-state index in [1.807, 2.05) is 6.92 Å². The van der Waals surface area contributed by atoms with Crippen LogP contribution in [0.2, 0.25) is 5.02 Å². The summed E-state index contributed by atoms with van der Waals surface area (Å²) < 4.78 is 5.18. The number of rotatable bonds is 7. The van der Waals surface area contributed by atoms with Gasteiger partial charge in [0.2, 0.25) is 0 Å². The Morgan fingerprint density at radius 1 is 1.07 bits per heavy atom. The van der Waals surface area contributed by atoms with Crippen molar-refractivity contribution < 1.29 is 19.1 Å². The Bertz CT molecular complexity index is 986. The van der Waals surface area contributed by atoms with E-state index >= 15 is 0 Å². The van der Waals surface area contributed by atoms with E-state index in [4.69, 9.17) is 27.9 Å². The van der Waals surface area contributed by atoms with Gasteiger partial charge in [-0.1, -0.05) is 42.6 Å². The fourth-order valence-corrected chi connectivity index (χ4v) is 3.03. The summed E-state index contributed by atoms with van der Waals surface area (Å²) in [6.07, 6.45) is 1.66. The van der Waals surface area contributed by atoms with E-state index in [0.29, 0.717) is 17.3 Å². The van der Waals surface area contributed by atoms with Crippen LogP contribution in [-0.4, -0.2) is 24.4 Å². The number of hydrogen-bond acceptors (Lipinski definition) is 5. The monoisotopic (exact) mass is 432 g/mol. The topological polar surface area (TPSA) is 75.7 Å². The lowest BCUT2D eigenvalue weighted by molar-refractivity contribution is -0.120. The smallest absolute Gasteiger partial charge is 0.338 e. The summed E-state index contributed by atoms with van der Waals surface area (Å²) in [6.45, 7) is 2.30. The largest absolute Gasteiger partial charge is 0.462 e. The van der Waals surface area contributed by atoms with Crippen LogP contribution in [0.25, 0.3) is 0 Å². The molecule has 0 fully saturated rings. The van der Waals surface area contributed by atoms with Crippen molar-refractivity contribution in [1.29, 1.82) is 0 Å². The van der Waals surface area contributed by atoms with Crippen LogP contribution in [0.1, 0.15) is 30.1 Å². The summed E-state index contributed by atoms with van der Waals surface area (Å²) in [5.41, 5.74) is 0.985. The molecule has 3 rings (SSSR count). The number of hydrogen-bond donors (Lipinski definition) is 1. The first-order chi connectivity index (χ1) is 13.9. The number of ether oxygens (including phenoxy) is 1. The first kappa shape index (κ1) is 20.9. The molecule has 0 saturated heterocycles. The average molecular weight is 433 g/mol. The summed E-state index contributed by atoms with van der Waals surface area (Å²) in [5, 5.41) is 3.16. The van der Waals surface area contributed by atoms with Gasteiger partial charge in [-0.3, -0.25) is 9.59 Å². The van der Waals surface area contributed by atoms with Crippen LogP contribution in [-0.2, 0) is 14.3 Å². The van der Waals surface area contributed by atoms with Gasteiger partial charge in [0.1, 0.15) is 10.7 Å². The summed E-state index contributed by atoms with van der Waals surface area (Å²) >= 11 is 12.0. The molecule has 1 aliphatic rings. The van der Waals surface area contributed by atoms with Crippen LogP contribution in [0.5, 0.6) is 0 Å². The molecule has 0 unspecified atom stereocenters. The maximum absolute atomic E-state index is 12.8. The van der Waals surface area contributed by atoms with Crippen LogP contribution in [0.4, 0.5) is 11.4 Å². The second-order valence-corrected chi connectivity index (χ2v) is 7.12. The number of benzene rings is 2. The van der Waals surface area contributed by atoms with Crippen LogP contribution < -0.4 is 10.2 Å². The molecule has 2 aromatic carbocycles. The molecule has 0 radical (unpaired) electrons. The number of halogens is 2. The molecule has 2 aromatic rings. The van der Waals surface area contributed by atoms with E-state index in [2.05, 4.69) is 5.32 Å². The lowest BCUT2D eigenvalue weighted by Gasteiger charge is -2.16. The molecule has 1 aliphatic heterocycles. The normalized spacial score (nSPS) is 13.8. The Hall–Kier alpha value is -2.83. The molecule has 0 bridgehead atoms. The van der Waals surface area contributed by atoms with Crippen molar-refractivity contribution in [1.82, 2.24) is 0 Å². The van der Waals surface area contributed by atoms with Gasteiger partial charge in [0.05, 0.1) is 17.9 Å². The Kier molecular flexibility index (Phi) is 6.56. The SMILES string of the molecule is CCCCOC(=O)c1cccc(N2C(=O)C(Cl)=C(Nc3ccc(Cl)cc3)C2=O)c1. The molecule has 6 nitrogen and oxygen atoms in total. The average Bonchev–Trinajstić information content (AvgIpc) is 2.93. The number of unbranched alkanes of at least 4 members (excludes halogenated alkanes) is 1. The Morgan fingerprint density at radius 3 is 2.48 bits per heavy atom. The van der Waals surface area contributed by atoms with Crippen molar-refractivity contribution in [2.45, 2.75) is 19.8 Å². The van der Waals surface area contributed by atoms with E-state index in [1.165, 1.54) is 6.07 Å². The second-order valence-electron chi connectivity index (χ2n) is 6.31. The standard InChI is InChI=1S/C21H18Cl2N2O4/c1-2-3-11-29-21(28)13-5-4-6-16(12-13)25-19(26)17(23)18(20(25)27)24-15-9-7-14(22)8-10-15/h4-10,12,24H,2-3,11H2,1H3. The van der Waals surface area contributed by atoms with E-state index in [0.717, 1.165) is 17.7 Å². The first-order valence-electron chi connectivity index (χ1n) is 9.00. The van der Waals surface area contributed by atoms with Crippen LogP contribution in [0.15, 0.2) is 59.3 Å². The van der Waals surface area contributed by atoms with E-state index < -0.39 is 17.8 Å². The molecular formula is C21H18Cl2N2O4. The van der Waals surface area contributed by atoms with Crippen molar-refractivity contribution in [2.75, 3.05) is 16.8 Å². The fourth-order valence-electron chi connectivity index (χ4n) is 2.69. The zero-order valence-electron chi connectivity index (χ0n) is 15.6. The second kappa shape index (κ2) is 9.11. The lowest BCUT2D eigenvalue weighted by Crippen LogP contribution is -2.32. The minimum atomic E-state index is -0.676. The highest BCUT2D eigenvalue weighted by molar-refractivity contribution is 6.53. The Balaban J connectivity index is 1.81. The zero-order chi connectivity index (χ0) is 21.0. The third-order valence-electron chi connectivity index (χ3n) is 4.21. The molecule has 1 heterocycles. The van der Waals surface area contributed by atoms with Gasteiger partial charge in [-0.2, -0.15) is 0 Å². The summed E-state index contributed by atoms with van der Waals surface area (Å²) in [5.74, 6) is -1.81. The molecule has 0 aliphatic carbocycles. The summed E-state index contributed by atoms with van der Waals surface area (Å²) in [6, 6.07) is 12.7. The highest BCUT2D eigenvalue weighted by atomic mass is 35.5.